The molecule has 0 aliphatic heterocycles. The van der Waals surface area contributed by atoms with Crippen LogP contribution in [0.4, 0.5) is 5.69 Å². The number of fused-ring (bicyclic) bond motifs is 1. The highest BCUT2D eigenvalue weighted by molar-refractivity contribution is 5.89. The van der Waals surface area contributed by atoms with Gasteiger partial charge in [-0.3, -0.25) is 10.1 Å². The molecule has 0 radical (unpaired) electrons. The van der Waals surface area contributed by atoms with Crippen LogP contribution in [0.15, 0.2) is 30.5 Å². The lowest BCUT2D eigenvalue weighted by Gasteiger charge is -2.07. The molecule has 1 aromatic heterocycles. The van der Waals surface area contributed by atoms with Crippen molar-refractivity contribution in [2.75, 3.05) is 0 Å². The maximum absolute atomic E-state index is 10.8. The summed E-state index contributed by atoms with van der Waals surface area (Å²) in [5.74, 6) is 0. The fraction of sp³-hybridized carbons (Fsp3) is 0.273. The molecule has 0 aliphatic carbocycles. The van der Waals surface area contributed by atoms with Gasteiger partial charge in [-0.15, -0.1) is 0 Å². The molecular weight excluding hydrogens is 208 g/mol. The van der Waals surface area contributed by atoms with Crippen LogP contribution in [0.25, 0.3) is 10.9 Å². The van der Waals surface area contributed by atoms with Crippen LogP contribution < -0.4 is 0 Å². The average Bonchev–Trinajstić information content (AvgIpc) is 2.60. The molecule has 1 unspecified atom stereocenters. The largest absolute Gasteiger partial charge is 0.392 e. The summed E-state index contributed by atoms with van der Waals surface area (Å²) < 4.78 is 1.81. The molecule has 0 saturated carbocycles. The summed E-state index contributed by atoms with van der Waals surface area (Å²) in [6.07, 6.45) is 1.28. The minimum Gasteiger partial charge on any atom is -0.392 e. The summed E-state index contributed by atoms with van der Waals surface area (Å²) in [6.45, 7) is 2.12. The van der Waals surface area contributed by atoms with Gasteiger partial charge < -0.3 is 9.67 Å². The zero-order valence-electron chi connectivity index (χ0n) is 8.83. The van der Waals surface area contributed by atoms with E-state index in [1.165, 1.54) is 6.07 Å². The molecule has 0 amide bonds. The van der Waals surface area contributed by atoms with Crippen molar-refractivity contribution in [3.8, 4) is 0 Å². The monoisotopic (exact) mass is 220 g/mol. The van der Waals surface area contributed by atoms with Gasteiger partial charge in [-0.05, 0) is 19.1 Å². The molecule has 1 heterocycles. The van der Waals surface area contributed by atoms with Gasteiger partial charge in [0.15, 0.2) is 0 Å². The predicted molar refractivity (Wildman–Crippen MR) is 60.3 cm³/mol. The minimum atomic E-state index is -0.477. The summed E-state index contributed by atoms with van der Waals surface area (Å²) >= 11 is 0. The van der Waals surface area contributed by atoms with Crippen LogP contribution in [0.1, 0.15) is 6.92 Å². The van der Waals surface area contributed by atoms with Crippen molar-refractivity contribution >= 4 is 16.6 Å². The van der Waals surface area contributed by atoms with E-state index in [4.69, 9.17) is 0 Å². The number of aliphatic hydroxyl groups is 1. The number of nitrogens with zero attached hydrogens (tertiary/aromatic N) is 2. The molecule has 5 nitrogen and oxygen atoms in total. The number of rotatable bonds is 3. The number of hydrogen-bond donors (Lipinski definition) is 1. The van der Waals surface area contributed by atoms with Gasteiger partial charge in [-0.2, -0.15) is 0 Å². The highest BCUT2D eigenvalue weighted by Gasteiger charge is 2.13. The molecular formula is C11H12N2O3. The molecule has 2 rings (SSSR count). The van der Waals surface area contributed by atoms with E-state index in [1.54, 1.807) is 25.3 Å². The number of nitro groups is 1. The Kier molecular flexibility index (Phi) is 2.62. The van der Waals surface area contributed by atoms with Crippen molar-refractivity contribution in [2.45, 2.75) is 19.6 Å². The molecule has 0 bridgehead atoms. The van der Waals surface area contributed by atoms with Crippen LogP contribution in [-0.4, -0.2) is 20.7 Å². The SMILES string of the molecule is CC(O)Cn1ccc2c([N+](=O)[O-])cccc21. The maximum Gasteiger partial charge on any atom is 0.278 e. The normalized spacial score (nSPS) is 12.9. The lowest BCUT2D eigenvalue weighted by molar-refractivity contribution is -0.383. The average molecular weight is 220 g/mol. The van der Waals surface area contributed by atoms with Crippen molar-refractivity contribution in [3.63, 3.8) is 0 Å². The lowest BCUT2D eigenvalue weighted by Crippen LogP contribution is -2.10. The summed E-state index contributed by atoms with van der Waals surface area (Å²) in [4.78, 5) is 10.4. The van der Waals surface area contributed by atoms with Gasteiger partial charge >= 0.3 is 0 Å². The zero-order chi connectivity index (χ0) is 11.7. The Labute approximate surface area is 92.1 Å². The number of benzene rings is 1. The number of hydrogen-bond acceptors (Lipinski definition) is 3. The van der Waals surface area contributed by atoms with E-state index < -0.39 is 11.0 Å². The van der Waals surface area contributed by atoms with Crippen LogP contribution in [0.5, 0.6) is 0 Å². The van der Waals surface area contributed by atoms with Crippen molar-refractivity contribution in [1.29, 1.82) is 0 Å². The summed E-state index contributed by atoms with van der Waals surface area (Å²) in [5, 5.41) is 20.7. The highest BCUT2D eigenvalue weighted by Crippen LogP contribution is 2.26. The van der Waals surface area contributed by atoms with Gasteiger partial charge in [0, 0.05) is 18.8 Å². The third kappa shape index (κ3) is 1.77. The Morgan fingerprint density at radius 1 is 1.50 bits per heavy atom. The first-order chi connectivity index (χ1) is 7.59. The molecule has 84 valence electrons. The third-order valence-corrected chi connectivity index (χ3v) is 2.45. The van der Waals surface area contributed by atoms with Gasteiger partial charge in [0.25, 0.3) is 5.69 Å². The number of aliphatic hydroxyl groups excluding tert-OH is 1. The fourth-order valence-corrected chi connectivity index (χ4v) is 1.81. The van der Waals surface area contributed by atoms with Crippen molar-refractivity contribution in [3.05, 3.63) is 40.6 Å². The quantitative estimate of drug-likeness (QED) is 0.634. The molecule has 16 heavy (non-hydrogen) atoms. The second-order valence-corrected chi connectivity index (χ2v) is 3.78. The van der Waals surface area contributed by atoms with Gasteiger partial charge in [0.2, 0.25) is 0 Å². The van der Waals surface area contributed by atoms with Crippen LogP contribution in [0.2, 0.25) is 0 Å². The first-order valence-corrected chi connectivity index (χ1v) is 5.00. The second-order valence-electron chi connectivity index (χ2n) is 3.78. The Morgan fingerprint density at radius 2 is 2.25 bits per heavy atom. The molecule has 2 aromatic rings. The van der Waals surface area contributed by atoms with E-state index in [0.29, 0.717) is 11.9 Å². The molecule has 1 N–H and O–H groups in total. The summed E-state index contributed by atoms with van der Waals surface area (Å²) in [6, 6.07) is 6.65. The topological polar surface area (TPSA) is 68.3 Å². The van der Waals surface area contributed by atoms with Crippen LogP contribution >= 0.6 is 0 Å². The predicted octanol–water partition coefficient (Wildman–Crippen LogP) is 1.93. The van der Waals surface area contributed by atoms with Crippen LogP contribution in [0, 0.1) is 10.1 Å². The second kappa shape index (κ2) is 3.94. The summed E-state index contributed by atoms with van der Waals surface area (Å²) in [5.41, 5.74) is 0.872. The fourth-order valence-electron chi connectivity index (χ4n) is 1.81. The smallest absolute Gasteiger partial charge is 0.278 e. The standard InChI is InChI=1S/C11H12N2O3/c1-8(14)7-12-6-5-9-10(12)3-2-4-11(9)13(15)16/h2-6,8,14H,7H2,1H3. The first kappa shape index (κ1) is 10.6. The maximum atomic E-state index is 10.8. The molecule has 0 spiro atoms. The molecule has 0 saturated heterocycles. The van der Waals surface area contributed by atoms with Gasteiger partial charge in [-0.25, -0.2) is 0 Å². The highest BCUT2D eigenvalue weighted by atomic mass is 16.6. The van der Waals surface area contributed by atoms with E-state index in [0.717, 1.165) is 5.52 Å². The van der Waals surface area contributed by atoms with Gasteiger partial charge in [0.05, 0.1) is 21.9 Å². The first-order valence-electron chi connectivity index (χ1n) is 5.00. The molecule has 1 aromatic carbocycles. The van der Waals surface area contributed by atoms with E-state index in [-0.39, 0.29) is 5.69 Å². The molecule has 5 heteroatoms. The Bertz CT molecular complexity index is 531. The van der Waals surface area contributed by atoms with E-state index >= 15 is 0 Å². The number of non-ortho nitro benzene ring substituents is 1. The molecule has 0 fully saturated rings. The van der Waals surface area contributed by atoms with Crippen molar-refractivity contribution in [1.82, 2.24) is 4.57 Å². The van der Waals surface area contributed by atoms with Crippen LogP contribution in [0.3, 0.4) is 0 Å². The lowest BCUT2D eigenvalue weighted by atomic mass is 10.2. The summed E-state index contributed by atoms with van der Waals surface area (Å²) in [7, 11) is 0. The molecule has 0 aliphatic rings. The minimum absolute atomic E-state index is 0.0989. The van der Waals surface area contributed by atoms with Crippen LogP contribution in [-0.2, 0) is 6.54 Å². The molecule has 1 atom stereocenters. The Balaban J connectivity index is 2.57. The number of nitro benzene ring substituents is 1. The Hall–Kier alpha value is -1.88. The number of aromatic nitrogens is 1. The Morgan fingerprint density at radius 3 is 2.88 bits per heavy atom. The van der Waals surface area contributed by atoms with E-state index in [2.05, 4.69) is 0 Å². The van der Waals surface area contributed by atoms with Gasteiger partial charge in [0.1, 0.15) is 0 Å². The third-order valence-electron chi connectivity index (χ3n) is 2.45. The van der Waals surface area contributed by atoms with Gasteiger partial charge in [-0.1, -0.05) is 6.07 Å². The van der Waals surface area contributed by atoms with E-state index in [1.807, 2.05) is 10.6 Å². The zero-order valence-corrected chi connectivity index (χ0v) is 8.83. The van der Waals surface area contributed by atoms with Crippen molar-refractivity contribution in [2.24, 2.45) is 0 Å². The van der Waals surface area contributed by atoms with E-state index in [9.17, 15) is 15.2 Å². The van der Waals surface area contributed by atoms with Crippen molar-refractivity contribution < 1.29 is 10.0 Å².